The van der Waals surface area contributed by atoms with Gasteiger partial charge in [0.05, 0.1) is 0 Å². The molecule has 0 amide bonds. The van der Waals surface area contributed by atoms with Gasteiger partial charge in [-0.2, -0.15) is 0 Å². The molecule has 2 rings (SSSR count). The summed E-state index contributed by atoms with van der Waals surface area (Å²) in [6.07, 6.45) is 0. The van der Waals surface area contributed by atoms with Crippen LogP contribution in [0.15, 0.2) is 24.3 Å². The van der Waals surface area contributed by atoms with Crippen LogP contribution in [0.1, 0.15) is 18.5 Å². The first-order valence-electron chi connectivity index (χ1n) is 6.89. The average Bonchev–Trinajstić information content (AvgIpc) is 2.75. The fraction of sp³-hybridized carbons (Fsp3) is 0.600. The minimum absolute atomic E-state index is 0.296. The lowest BCUT2D eigenvalue weighted by atomic mass is 10.1. The van der Waals surface area contributed by atoms with E-state index in [1.54, 1.807) is 0 Å². The van der Waals surface area contributed by atoms with Gasteiger partial charge in [-0.15, -0.1) is 0 Å². The van der Waals surface area contributed by atoms with Gasteiger partial charge in [0.1, 0.15) is 0 Å². The maximum atomic E-state index is 6.00. The first-order valence-corrected chi connectivity index (χ1v) is 7.26. The summed E-state index contributed by atoms with van der Waals surface area (Å²) in [6, 6.07) is 8.98. The van der Waals surface area contributed by atoms with Crippen molar-refractivity contribution in [3.63, 3.8) is 0 Å². The molecule has 1 aliphatic rings. The molecule has 1 aromatic carbocycles. The third kappa shape index (κ3) is 3.29. The van der Waals surface area contributed by atoms with E-state index in [1.165, 1.54) is 5.56 Å². The van der Waals surface area contributed by atoms with E-state index in [-0.39, 0.29) is 0 Å². The second kappa shape index (κ2) is 6.23. The molecule has 0 spiro atoms. The fourth-order valence-electron chi connectivity index (χ4n) is 3.09. The second-order valence-corrected chi connectivity index (χ2v) is 6.20. The zero-order valence-corrected chi connectivity index (χ0v) is 12.8. The monoisotopic (exact) mass is 281 g/mol. The first-order chi connectivity index (χ1) is 9.02. The van der Waals surface area contributed by atoms with Gasteiger partial charge in [-0.1, -0.05) is 30.7 Å². The van der Waals surface area contributed by atoms with Crippen LogP contribution < -0.4 is 5.73 Å². The van der Waals surface area contributed by atoms with Gasteiger partial charge in [0.2, 0.25) is 0 Å². The number of nitrogens with two attached hydrogens (primary N) is 1. The molecule has 1 fully saturated rings. The van der Waals surface area contributed by atoms with Crippen molar-refractivity contribution in [1.82, 2.24) is 9.80 Å². The van der Waals surface area contributed by atoms with Gasteiger partial charge >= 0.3 is 0 Å². The maximum absolute atomic E-state index is 6.00. The molecule has 1 aliphatic heterocycles. The van der Waals surface area contributed by atoms with Crippen LogP contribution in [-0.4, -0.2) is 49.6 Å². The number of hydrogen-bond donors (Lipinski definition) is 1. The van der Waals surface area contributed by atoms with Crippen molar-refractivity contribution in [2.45, 2.75) is 19.0 Å². The summed E-state index contributed by atoms with van der Waals surface area (Å²) in [5.41, 5.74) is 7.26. The Balaban J connectivity index is 2.13. The molecule has 3 unspecified atom stereocenters. The number of halogens is 1. The van der Waals surface area contributed by atoms with Crippen LogP contribution in [-0.2, 0) is 0 Å². The lowest BCUT2D eigenvalue weighted by molar-refractivity contribution is 0.219. The fourth-order valence-corrected chi connectivity index (χ4v) is 3.22. The molecule has 1 saturated heterocycles. The Morgan fingerprint density at radius 2 is 1.95 bits per heavy atom. The molecular weight excluding hydrogens is 258 g/mol. The van der Waals surface area contributed by atoms with E-state index in [2.05, 4.69) is 43.0 Å². The third-order valence-corrected chi connectivity index (χ3v) is 4.43. The van der Waals surface area contributed by atoms with E-state index >= 15 is 0 Å². The zero-order chi connectivity index (χ0) is 14.0. The third-order valence-electron chi connectivity index (χ3n) is 4.18. The van der Waals surface area contributed by atoms with Crippen molar-refractivity contribution >= 4 is 11.6 Å². The quantitative estimate of drug-likeness (QED) is 0.919. The van der Waals surface area contributed by atoms with Crippen LogP contribution in [0, 0.1) is 5.92 Å². The van der Waals surface area contributed by atoms with E-state index < -0.39 is 0 Å². The van der Waals surface area contributed by atoms with Gasteiger partial charge < -0.3 is 10.6 Å². The smallest absolute Gasteiger partial charge is 0.0471 e. The first kappa shape index (κ1) is 14.8. The summed E-state index contributed by atoms with van der Waals surface area (Å²) in [7, 11) is 4.31. The van der Waals surface area contributed by atoms with Crippen molar-refractivity contribution in [2.75, 3.05) is 33.7 Å². The maximum Gasteiger partial charge on any atom is 0.0471 e. The van der Waals surface area contributed by atoms with Crippen LogP contribution in [0.25, 0.3) is 0 Å². The summed E-state index contributed by atoms with van der Waals surface area (Å²) < 4.78 is 0. The molecule has 4 heteroatoms. The summed E-state index contributed by atoms with van der Waals surface area (Å²) >= 11 is 5.96. The van der Waals surface area contributed by atoms with Crippen LogP contribution >= 0.6 is 11.6 Å². The molecule has 2 N–H and O–H groups in total. The molecule has 1 heterocycles. The van der Waals surface area contributed by atoms with Gasteiger partial charge in [0.25, 0.3) is 0 Å². The molecule has 0 bridgehead atoms. The molecule has 0 saturated carbocycles. The lowest BCUT2D eigenvalue weighted by Crippen LogP contribution is -2.36. The molecule has 1 aromatic rings. The molecule has 106 valence electrons. The van der Waals surface area contributed by atoms with Gasteiger partial charge in [-0.05, 0) is 37.7 Å². The van der Waals surface area contributed by atoms with Crippen LogP contribution in [0.4, 0.5) is 0 Å². The van der Waals surface area contributed by atoms with Crippen molar-refractivity contribution in [2.24, 2.45) is 11.7 Å². The summed E-state index contributed by atoms with van der Waals surface area (Å²) in [5, 5.41) is 0.778. The summed E-state index contributed by atoms with van der Waals surface area (Å²) in [4.78, 5) is 4.82. The van der Waals surface area contributed by atoms with Crippen molar-refractivity contribution in [3.8, 4) is 0 Å². The van der Waals surface area contributed by atoms with Crippen molar-refractivity contribution in [3.05, 3.63) is 34.9 Å². The van der Waals surface area contributed by atoms with Crippen LogP contribution in [0.3, 0.4) is 0 Å². The highest BCUT2D eigenvalue weighted by molar-refractivity contribution is 6.30. The molecule has 19 heavy (non-hydrogen) atoms. The topological polar surface area (TPSA) is 32.5 Å². The van der Waals surface area contributed by atoms with E-state index in [0.29, 0.717) is 24.5 Å². The standard InChI is InChI=1S/C15H24ClN3/c1-11-9-19(10-15(11)18(2)3)14(8-17)12-4-6-13(16)7-5-12/h4-7,11,14-15H,8-10,17H2,1-3H3. The van der Waals surface area contributed by atoms with Crippen molar-refractivity contribution < 1.29 is 0 Å². The Hall–Kier alpha value is -0.610. The normalized spacial score (nSPS) is 26.0. The molecule has 0 radical (unpaired) electrons. The average molecular weight is 282 g/mol. The van der Waals surface area contributed by atoms with E-state index in [0.717, 1.165) is 18.1 Å². The highest BCUT2D eigenvalue weighted by atomic mass is 35.5. The molecular formula is C15H24ClN3. The van der Waals surface area contributed by atoms with Gasteiger partial charge in [-0.25, -0.2) is 0 Å². The minimum atomic E-state index is 0.296. The van der Waals surface area contributed by atoms with E-state index in [1.807, 2.05) is 12.1 Å². The van der Waals surface area contributed by atoms with E-state index in [4.69, 9.17) is 17.3 Å². The summed E-state index contributed by atoms with van der Waals surface area (Å²) in [6.45, 7) is 5.15. The highest BCUT2D eigenvalue weighted by Crippen LogP contribution is 2.29. The number of benzene rings is 1. The predicted octanol–water partition coefficient (Wildman–Crippen LogP) is 2.22. The SMILES string of the molecule is CC1CN(C(CN)c2ccc(Cl)cc2)CC1N(C)C. The minimum Gasteiger partial charge on any atom is -0.329 e. The van der Waals surface area contributed by atoms with Crippen molar-refractivity contribution in [1.29, 1.82) is 0 Å². The Morgan fingerprint density at radius 3 is 2.42 bits per heavy atom. The second-order valence-electron chi connectivity index (χ2n) is 5.77. The Bertz CT molecular complexity index is 404. The number of rotatable bonds is 4. The lowest BCUT2D eigenvalue weighted by Gasteiger charge is -2.28. The number of nitrogens with zero attached hydrogens (tertiary/aromatic N) is 2. The van der Waals surface area contributed by atoms with Gasteiger partial charge in [0.15, 0.2) is 0 Å². The Morgan fingerprint density at radius 1 is 1.32 bits per heavy atom. The number of hydrogen-bond acceptors (Lipinski definition) is 3. The zero-order valence-electron chi connectivity index (χ0n) is 12.0. The number of likely N-dealkylation sites (tertiary alicyclic amines) is 1. The van der Waals surface area contributed by atoms with Gasteiger partial charge in [-0.3, -0.25) is 4.90 Å². The highest BCUT2D eigenvalue weighted by Gasteiger charge is 2.34. The number of likely N-dealkylation sites (N-methyl/N-ethyl adjacent to an activating group) is 1. The van der Waals surface area contributed by atoms with E-state index in [9.17, 15) is 0 Å². The van der Waals surface area contributed by atoms with Gasteiger partial charge in [0, 0.05) is 36.7 Å². The summed E-state index contributed by atoms with van der Waals surface area (Å²) in [5.74, 6) is 0.677. The van der Waals surface area contributed by atoms with Crippen LogP contribution in [0.5, 0.6) is 0 Å². The molecule has 3 nitrogen and oxygen atoms in total. The molecule has 0 aliphatic carbocycles. The Labute approximate surface area is 121 Å². The predicted molar refractivity (Wildman–Crippen MR) is 81.5 cm³/mol. The Kier molecular flexibility index (Phi) is 4.85. The molecule has 3 atom stereocenters. The van der Waals surface area contributed by atoms with Crippen LogP contribution in [0.2, 0.25) is 5.02 Å². The molecule has 0 aromatic heterocycles. The largest absolute Gasteiger partial charge is 0.329 e.